The van der Waals surface area contributed by atoms with Crippen molar-refractivity contribution in [3.05, 3.63) is 88.9 Å². The average Bonchev–Trinajstić information content (AvgIpc) is 2.97. The van der Waals surface area contributed by atoms with Crippen molar-refractivity contribution >= 4 is 17.6 Å². The van der Waals surface area contributed by atoms with Crippen LogP contribution in [0.15, 0.2) is 72.8 Å². The molecule has 0 atom stereocenters. The maximum Gasteiger partial charge on any atom is 0.338 e. The van der Waals surface area contributed by atoms with Crippen molar-refractivity contribution in [2.75, 3.05) is 45.9 Å². The molecule has 1 fully saturated rings. The third-order valence-electron chi connectivity index (χ3n) is 6.56. The normalized spacial score (nSPS) is 13.4. The molecule has 0 unspecified atom stereocenters. The van der Waals surface area contributed by atoms with Crippen LogP contribution in [-0.2, 0) is 6.54 Å². The maximum atomic E-state index is 10.8. The van der Waals surface area contributed by atoms with Crippen molar-refractivity contribution in [1.82, 2.24) is 14.9 Å². The molecule has 3 N–H and O–H groups in total. The minimum atomic E-state index is -0.891. The summed E-state index contributed by atoms with van der Waals surface area (Å²) < 4.78 is 5.72. The largest absolute Gasteiger partial charge is 0.481 e. The number of amides is 2. The molecule has 1 saturated heterocycles. The summed E-state index contributed by atoms with van der Waals surface area (Å²) in [7, 11) is 0. The van der Waals surface area contributed by atoms with Crippen molar-refractivity contribution in [3.8, 4) is 40.6 Å². The van der Waals surface area contributed by atoms with Gasteiger partial charge in [0.15, 0.2) is 0 Å². The van der Waals surface area contributed by atoms with Gasteiger partial charge in [-0.25, -0.2) is 9.86 Å². The van der Waals surface area contributed by atoms with Gasteiger partial charge in [-0.1, -0.05) is 71.7 Å². The molecule has 7 nitrogen and oxygen atoms in total. The molecule has 4 rings (SSSR count). The van der Waals surface area contributed by atoms with E-state index in [9.17, 15) is 10.0 Å². The van der Waals surface area contributed by atoms with Crippen molar-refractivity contribution in [2.45, 2.75) is 13.0 Å². The zero-order valence-corrected chi connectivity index (χ0v) is 23.1. The lowest BCUT2D eigenvalue weighted by molar-refractivity contribution is -0.0372. The topological polar surface area (TPSA) is 82.3 Å². The molecule has 3 aromatic carbocycles. The van der Waals surface area contributed by atoms with Gasteiger partial charge in [0, 0.05) is 49.7 Å². The number of urea groups is 1. The number of ether oxygens (including phenoxy) is 1. The number of primary amides is 1. The summed E-state index contributed by atoms with van der Waals surface area (Å²) in [5.41, 5.74) is 9.54. The fourth-order valence-electron chi connectivity index (χ4n) is 4.32. The number of carbonyl (C=O) groups excluding carboxylic acids is 1. The number of piperazine rings is 1. The first-order valence-corrected chi connectivity index (χ1v) is 13.6. The highest BCUT2D eigenvalue weighted by molar-refractivity contribution is 6.30. The third kappa shape index (κ3) is 9.05. The number of nitrogens with two attached hydrogens (primary N) is 1. The summed E-state index contributed by atoms with van der Waals surface area (Å²) in [5, 5.41) is 10.4. The molecule has 0 aromatic heterocycles. The van der Waals surface area contributed by atoms with Crippen LogP contribution in [0.4, 0.5) is 4.79 Å². The highest BCUT2D eigenvalue weighted by Gasteiger charge is 2.17. The maximum absolute atomic E-state index is 10.8. The lowest BCUT2D eigenvalue weighted by atomic mass is 9.99. The molecule has 0 bridgehead atoms. The van der Waals surface area contributed by atoms with E-state index >= 15 is 0 Å². The first kappa shape index (κ1) is 29.0. The van der Waals surface area contributed by atoms with Crippen LogP contribution in [0.2, 0.25) is 5.02 Å². The Morgan fingerprint density at radius 1 is 0.925 bits per heavy atom. The highest BCUT2D eigenvalue weighted by atomic mass is 35.5. The van der Waals surface area contributed by atoms with Crippen molar-refractivity contribution in [3.63, 3.8) is 0 Å². The molecular weight excluding hydrogens is 524 g/mol. The van der Waals surface area contributed by atoms with Gasteiger partial charge in [-0.2, -0.15) is 0 Å². The van der Waals surface area contributed by atoms with E-state index in [1.165, 1.54) is 16.7 Å². The Morgan fingerprint density at radius 2 is 1.62 bits per heavy atom. The van der Waals surface area contributed by atoms with E-state index in [1.54, 1.807) is 0 Å². The van der Waals surface area contributed by atoms with E-state index in [-0.39, 0.29) is 6.54 Å². The molecule has 0 aliphatic carbocycles. The molecule has 8 heteroatoms. The van der Waals surface area contributed by atoms with Gasteiger partial charge >= 0.3 is 6.03 Å². The second kappa shape index (κ2) is 15.0. The zero-order valence-electron chi connectivity index (χ0n) is 22.4. The first-order chi connectivity index (χ1) is 19.5. The van der Waals surface area contributed by atoms with Crippen LogP contribution < -0.4 is 10.5 Å². The van der Waals surface area contributed by atoms with E-state index in [0.29, 0.717) is 18.1 Å². The summed E-state index contributed by atoms with van der Waals surface area (Å²) >= 11 is 6.08. The van der Waals surface area contributed by atoms with Crippen LogP contribution in [0.25, 0.3) is 11.1 Å². The van der Waals surface area contributed by atoms with Crippen LogP contribution >= 0.6 is 11.6 Å². The number of hydroxylamine groups is 2. The van der Waals surface area contributed by atoms with Crippen LogP contribution in [-0.4, -0.2) is 72.0 Å². The number of hydrogen-bond donors (Lipinski definition) is 2. The lowest BCUT2D eigenvalue weighted by Crippen LogP contribution is -2.45. The fourth-order valence-corrected chi connectivity index (χ4v) is 4.45. The molecule has 1 heterocycles. The molecular formula is C32H33ClN4O3. The van der Waals surface area contributed by atoms with E-state index in [0.717, 1.165) is 55.6 Å². The Morgan fingerprint density at radius 3 is 2.35 bits per heavy atom. The van der Waals surface area contributed by atoms with Gasteiger partial charge in [0.25, 0.3) is 0 Å². The lowest BCUT2D eigenvalue weighted by Gasteiger charge is -2.34. The van der Waals surface area contributed by atoms with E-state index in [4.69, 9.17) is 22.1 Å². The van der Waals surface area contributed by atoms with Crippen molar-refractivity contribution < 1.29 is 14.7 Å². The van der Waals surface area contributed by atoms with Crippen LogP contribution in [0.5, 0.6) is 5.75 Å². The van der Waals surface area contributed by atoms with Gasteiger partial charge in [0.2, 0.25) is 0 Å². The van der Waals surface area contributed by atoms with E-state index < -0.39 is 6.03 Å². The van der Waals surface area contributed by atoms with Gasteiger partial charge in [-0.3, -0.25) is 15.0 Å². The van der Waals surface area contributed by atoms with Gasteiger partial charge in [0.05, 0.1) is 13.1 Å². The smallest absolute Gasteiger partial charge is 0.338 e. The summed E-state index contributed by atoms with van der Waals surface area (Å²) in [6, 6.07) is 23.1. The van der Waals surface area contributed by atoms with E-state index in [1.807, 2.05) is 36.4 Å². The Bertz CT molecular complexity index is 1380. The van der Waals surface area contributed by atoms with Gasteiger partial charge < -0.3 is 10.5 Å². The molecule has 1 aliphatic rings. The van der Waals surface area contributed by atoms with Crippen LogP contribution in [0.3, 0.4) is 0 Å². The molecule has 40 heavy (non-hydrogen) atoms. The molecule has 2 amide bonds. The summed E-state index contributed by atoms with van der Waals surface area (Å²) in [6.45, 7) is 6.03. The third-order valence-corrected chi connectivity index (χ3v) is 6.81. The summed E-state index contributed by atoms with van der Waals surface area (Å²) in [5.74, 6) is 12.9. The average molecular weight is 557 g/mol. The minimum Gasteiger partial charge on any atom is -0.481 e. The highest BCUT2D eigenvalue weighted by Crippen LogP contribution is 2.26. The Balaban J connectivity index is 1.16. The molecule has 1 aliphatic heterocycles. The quantitative estimate of drug-likeness (QED) is 0.238. The van der Waals surface area contributed by atoms with Gasteiger partial charge in [-0.05, 0) is 53.1 Å². The number of carbonyl (C=O) groups is 1. The SMILES string of the molecule is NC(=O)N(O)CCC#Cc1ccc(OCC#CCN2CCN(Cc3ccccc3-c3ccc(Cl)cc3)CC2)cc1. The summed E-state index contributed by atoms with van der Waals surface area (Å²) in [6.07, 6.45) is 0.320. The van der Waals surface area contributed by atoms with Gasteiger partial charge in [-0.15, -0.1) is 0 Å². The van der Waals surface area contributed by atoms with Crippen LogP contribution in [0, 0.1) is 23.7 Å². The molecule has 0 saturated carbocycles. The zero-order chi connectivity index (χ0) is 28.2. The number of rotatable bonds is 8. The predicted molar refractivity (Wildman–Crippen MR) is 158 cm³/mol. The summed E-state index contributed by atoms with van der Waals surface area (Å²) in [4.78, 5) is 15.6. The molecule has 206 valence electrons. The molecule has 0 spiro atoms. The van der Waals surface area contributed by atoms with Gasteiger partial charge in [0.1, 0.15) is 12.4 Å². The number of benzene rings is 3. The predicted octanol–water partition coefficient (Wildman–Crippen LogP) is 4.72. The number of nitrogens with zero attached hydrogens (tertiary/aromatic N) is 3. The fraction of sp³-hybridized carbons (Fsp3) is 0.281. The van der Waals surface area contributed by atoms with Crippen LogP contribution in [0.1, 0.15) is 17.5 Å². The van der Waals surface area contributed by atoms with Crippen molar-refractivity contribution in [2.24, 2.45) is 5.73 Å². The number of halogens is 1. The Labute approximate surface area is 241 Å². The Hall–Kier alpha value is -3.98. The minimum absolute atomic E-state index is 0.0670. The second-order valence-electron chi connectivity index (χ2n) is 9.40. The first-order valence-electron chi connectivity index (χ1n) is 13.2. The molecule has 0 radical (unpaired) electrons. The molecule has 3 aromatic rings. The monoisotopic (exact) mass is 556 g/mol. The van der Waals surface area contributed by atoms with E-state index in [2.05, 4.69) is 69.9 Å². The number of hydrogen-bond acceptors (Lipinski definition) is 5. The Kier molecular flexibility index (Phi) is 10.9. The second-order valence-corrected chi connectivity index (χ2v) is 9.83. The standard InChI is InChI=1S/C32H33ClN4O3/c33-29-14-12-27(13-15-29)31-9-2-1-8-28(31)25-36-22-20-35(21-23-36)18-5-6-24-40-30-16-10-26(11-17-30)7-3-4-19-37(39)32(34)38/h1-2,8-17,39H,4,18-25H2,(H2,34,38). The van der Waals surface area contributed by atoms with Crippen molar-refractivity contribution in [1.29, 1.82) is 0 Å².